The van der Waals surface area contributed by atoms with Gasteiger partial charge in [0, 0.05) is 0 Å². The molecule has 4 atom stereocenters. The molecule has 3 aliphatic carbocycles. The molecule has 156 valence electrons. The summed E-state index contributed by atoms with van der Waals surface area (Å²) in [6.07, 6.45) is 14.4. The lowest BCUT2D eigenvalue weighted by atomic mass is 9.60. The van der Waals surface area contributed by atoms with E-state index in [4.69, 9.17) is 4.74 Å². The fraction of sp³-hybridized carbons (Fsp3) is 0.760. The van der Waals surface area contributed by atoms with Crippen LogP contribution in [-0.2, 0) is 0 Å². The molecule has 3 heteroatoms. The molecule has 0 saturated heterocycles. The van der Waals surface area contributed by atoms with Crippen molar-refractivity contribution in [3.63, 3.8) is 0 Å². The van der Waals surface area contributed by atoms with E-state index in [0.29, 0.717) is 11.5 Å². The van der Waals surface area contributed by atoms with Crippen LogP contribution in [0.1, 0.15) is 89.0 Å². The van der Waals surface area contributed by atoms with Crippen LogP contribution in [0.15, 0.2) is 12.1 Å². The molecule has 28 heavy (non-hydrogen) atoms. The Balaban J connectivity index is 1.36. The van der Waals surface area contributed by atoms with Gasteiger partial charge in [0.25, 0.3) is 0 Å². The van der Waals surface area contributed by atoms with Crippen LogP contribution >= 0.6 is 0 Å². The number of hydrogen-bond acceptors (Lipinski definition) is 1. The van der Waals surface area contributed by atoms with Gasteiger partial charge in [-0.25, -0.2) is 4.39 Å². The molecular formula is C25H36F2O. The van der Waals surface area contributed by atoms with Gasteiger partial charge in [-0.15, -0.1) is 0 Å². The van der Waals surface area contributed by atoms with Crippen LogP contribution in [0.2, 0.25) is 0 Å². The lowest BCUT2D eigenvalue weighted by Gasteiger charge is -2.45. The molecule has 0 aliphatic heterocycles. The Bertz CT molecular complexity index is 665. The van der Waals surface area contributed by atoms with E-state index in [1.165, 1.54) is 64.9 Å². The van der Waals surface area contributed by atoms with Gasteiger partial charge >= 0.3 is 0 Å². The van der Waals surface area contributed by atoms with E-state index in [1.807, 2.05) is 0 Å². The first-order chi connectivity index (χ1) is 13.6. The number of ether oxygens (including phenoxy) is 1. The average molecular weight is 391 g/mol. The minimum atomic E-state index is -0.825. The van der Waals surface area contributed by atoms with Gasteiger partial charge < -0.3 is 4.74 Å². The second-order valence-electron chi connectivity index (χ2n) is 9.78. The maximum absolute atomic E-state index is 14.6. The molecule has 0 spiro atoms. The van der Waals surface area contributed by atoms with E-state index in [9.17, 15) is 8.78 Å². The van der Waals surface area contributed by atoms with Crippen LogP contribution in [-0.4, -0.2) is 7.11 Å². The minimum absolute atomic E-state index is 0.00763. The van der Waals surface area contributed by atoms with Crippen LogP contribution < -0.4 is 4.74 Å². The molecule has 3 saturated carbocycles. The zero-order valence-corrected chi connectivity index (χ0v) is 17.6. The van der Waals surface area contributed by atoms with Gasteiger partial charge in [-0.05, 0) is 98.5 Å². The zero-order chi connectivity index (χ0) is 19.7. The second-order valence-corrected chi connectivity index (χ2v) is 9.78. The van der Waals surface area contributed by atoms with Gasteiger partial charge in [0.05, 0.1) is 7.11 Å². The maximum Gasteiger partial charge on any atom is 0.200 e. The van der Waals surface area contributed by atoms with Crippen molar-refractivity contribution in [2.75, 3.05) is 7.11 Å². The van der Waals surface area contributed by atoms with Crippen molar-refractivity contribution in [1.29, 1.82) is 0 Å². The Morgan fingerprint density at radius 2 is 1.39 bits per heavy atom. The van der Waals surface area contributed by atoms with Gasteiger partial charge in [-0.2, -0.15) is 4.39 Å². The average Bonchev–Trinajstić information content (AvgIpc) is 2.75. The molecule has 0 aromatic heterocycles. The monoisotopic (exact) mass is 390 g/mol. The molecule has 0 amide bonds. The highest BCUT2D eigenvalue weighted by Crippen LogP contribution is 2.51. The summed E-state index contributed by atoms with van der Waals surface area (Å²) in [6.45, 7) is 2.34. The van der Waals surface area contributed by atoms with Crippen molar-refractivity contribution in [3.8, 4) is 5.75 Å². The van der Waals surface area contributed by atoms with Crippen LogP contribution in [0.4, 0.5) is 8.78 Å². The van der Waals surface area contributed by atoms with E-state index < -0.39 is 11.6 Å². The predicted molar refractivity (Wildman–Crippen MR) is 110 cm³/mol. The SMILES string of the molecule is CCC1CCC(C2CCC3CC(c4ccc(OC)c(F)c4F)CCC3C2)CC1. The van der Waals surface area contributed by atoms with E-state index in [2.05, 4.69) is 6.92 Å². The maximum atomic E-state index is 14.6. The van der Waals surface area contributed by atoms with Crippen molar-refractivity contribution in [2.45, 2.75) is 83.5 Å². The third-order valence-electron chi connectivity index (χ3n) is 8.53. The van der Waals surface area contributed by atoms with Gasteiger partial charge in [-0.3, -0.25) is 0 Å². The highest BCUT2D eigenvalue weighted by atomic mass is 19.2. The first-order valence-corrected chi connectivity index (χ1v) is 11.6. The van der Waals surface area contributed by atoms with E-state index in [1.54, 1.807) is 12.1 Å². The van der Waals surface area contributed by atoms with Crippen LogP contribution in [0.5, 0.6) is 5.75 Å². The molecule has 1 aromatic carbocycles. The summed E-state index contributed by atoms with van der Waals surface area (Å²) in [5.41, 5.74) is 0.566. The third kappa shape index (κ3) is 3.96. The topological polar surface area (TPSA) is 9.23 Å². The molecule has 0 heterocycles. The highest BCUT2D eigenvalue weighted by molar-refractivity contribution is 5.33. The van der Waals surface area contributed by atoms with Gasteiger partial charge in [-0.1, -0.05) is 32.3 Å². The summed E-state index contributed by atoms with van der Waals surface area (Å²) in [5, 5.41) is 0. The van der Waals surface area contributed by atoms with E-state index >= 15 is 0 Å². The quantitative estimate of drug-likeness (QED) is 0.517. The molecule has 0 N–H and O–H groups in total. The standard InChI is InChI=1S/C25H36F2O/c1-3-16-4-6-17(7-5-16)18-8-9-20-15-21(11-10-19(20)14-18)22-12-13-23(28-2)25(27)24(22)26/h12-13,16-21H,3-11,14-15H2,1-2H3. The van der Waals surface area contributed by atoms with Gasteiger partial charge in [0.15, 0.2) is 11.6 Å². The molecule has 1 nitrogen and oxygen atoms in total. The number of fused-ring (bicyclic) bond motifs is 1. The summed E-state index contributed by atoms with van der Waals surface area (Å²) in [5.74, 6) is 3.02. The van der Waals surface area contributed by atoms with Gasteiger partial charge in [0.2, 0.25) is 5.82 Å². The number of rotatable bonds is 4. The minimum Gasteiger partial charge on any atom is -0.494 e. The first kappa shape index (κ1) is 20.2. The highest BCUT2D eigenvalue weighted by Gasteiger charge is 2.39. The molecule has 4 rings (SSSR count). The largest absolute Gasteiger partial charge is 0.494 e. The lowest BCUT2D eigenvalue weighted by Crippen LogP contribution is -2.34. The smallest absolute Gasteiger partial charge is 0.200 e. The summed E-state index contributed by atoms with van der Waals surface area (Å²) >= 11 is 0. The van der Waals surface area contributed by atoms with Crippen molar-refractivity contribution in [1.82, 2.24) is 0 Å². The van der Waals surface area contributed by atoms with Crippen molar-refractivity contribution in [2.24, 2.45) is 29.6 Å². The fourth-order valence-electron chi connectivity index (χ4n) is 6.72. The van der Waals surface area contributed by atoms with E-state index in [0.717, 1.165) is 36.5 Å². The van der Waals surface area contributed by atoms with E-state index in [-0.39, 0.29) is 11.7 Å². The Morgan fingerprint density at radius 1 is 0.786 bits per heavy atom. The normalized spacial score (nSPS) is 36.0. The van der Waals surface area contributed by atoms with Crippen LogP contribution in [0, 0.1) is 41.2 Å². The molecule has 4 unspecified atom stereocenters. The second kappa shape index (κ2) is 8.71. The molecule has 0 bridgehead atoms. The Kier molecular flexibility index (Phi) is 6.27. The third-order valence-corrected chi connectivity index (χ3v) is 8.53. The Hall–Kier alpha value is -1.12. The first-order valence-electron chi connectivity index (χ1n) is 11.6. The lowest BCUT2D eigenvalue weighted by molar-refractivity contribution is 0.0711. The summed E-state index contributed by atoms with van der Waals surface area (Å²) < 4.78 is 33.7. The number of benzene rings is 1. The van der Waals surface area contributed by atoms with Gasteiger partial charge in [0.1, 0.15) is 0 Å². The molecule has 0 radical (unpaired) electrons. The summed E-state index contributed by atoms with van der Waals surface area (Å²) in [4.78, 5) is 0. The fourth-order valence-corrected chi connectivity index (χ4v) is 6.72. The van der Waals surface area contributed by atoms with Crippen LogP contribution in [0.25, 0.3) is 0 Å². The number of hydrogen-bond donors (Lipinski definition) is 0. The number of methoxy groups -OCH3 is 1. The molecule has 3 fully saturated rings. The predicted octanol–water partition coefficient (Wildman–Crippen LogP) is 7.49. The molecule has 1 aromatic rings. The Labute approximate surface area is 169 Å². The van der Waals surface area contributed by atoms with Crippen LogP contribution in [0.3, 0.4) is 0 Å². The molecule has 3 aliphatic rings. The van der Waals surface area contributed by atoms with Crippen molar-refractivity contribution < 1.29 is 13.5 Å². The van der Waals surface area contributed by atoms with Crippen molar-refractivity contribution in [3.05, 3.63) is 29.3 Å². The summed E-state index contributed by atoms with van der Waals surface area (Å²) in [6, 6.07) is 3.34. The van der Waals surface area contributed by atoms with Crippen molar-refractivity contribution >= 4 is 0 Å². The summed E-state index contributed by atoms with van der Waals surface area (Å²) in [7, 11) is 1.38. The Morgan fingerprint density at radius 3 is 2.07 bits per heavy atom. The number of halogens is 2. The zero-order valence-electron chi connectivity index (χ0n) is 17.6. The molecular weight excluding hydrogens is 354 g/mol.